The number of imidazole rings is 1. The van der Waals surface area contributed by atoms with Crippen molar-refractivity contribution in [2.24, 2.45) is 5.73 Å². The lowest BCUT2D eigenvalue weighted by atomic mass is 9.86. The normalized spacial score (nSPS) is 25.1. The first-order valence-corrected chi connectivity index (χ1v) is 7.07. The molecule has 2 rings (SSSR count). The monoisotopic (exact) mass is 235 g/mol. The van der Waals surface area contributed by atoms with Gasteiger partial charge in [0.05, 0.1) is 5.69 Å². The first kappa shape index (κ1) is 12.6. The fourth-order valence-electron chi connectivity index (χ4n) is 2.89. The highest BCUT2D eigenvalue weighted by Crippen LogP contribution is 2.31. The molecule has 0 bridgehead atoms. The lowest BCUT2D eigenvalue weighted by Crippen LogP contribution is -2.27. The van der Waals surface area contributed by atoms with E-state index in [4.69, 9.17) is 10.7 Å². The van der Waals surface area contributed by atoms with Crippen LogP contribution in [0.1, 0.15) is 69.1 Å². The molecule has 1 saturated carbocycles. The standard InChI is InChI=1S/C14H25N3/c1-3-6-13-12(4-2)16-14(17-13)10-7-5-8-11(15)9-10/h10-11H,3-9,15H2,1-2H3,(H,16,17). The average molecular weight is 235 g/mol. The van der Waals surface area contributed by atoms with Crippen LogP contribution in [-0.2, 0) is 12.8 Å². The number of nitrogens with two attached hydrogens (primary N) is 1. The molecule has 1 fully saturated rings. The highest BCUT2D eigenvalue weighted by molar-refractivity contribution is 5.17. The number of aromatic nitrogens is 2. The highest BCUT2D eigenvalue weighted by Gasteiger charge is 2.23. The summed E-state index contributed by atoms with van der Waals surface area (Å²) in [5, 5.41) is 0. The minimum absolute atomic E-state index is 0.374. The summed E-state index contributed by atoms with van der Waals surface area (Å²) in [6.07, 6.45) is 8.10. The number of nitrogens with one attached hydrogen (secondary N) is 1. The number of H-pyrrole nitrogens is 1. The van der Waals surface area contributed by atoms with Gasteiger partial charge in [-0.25, -0.2) is 4.98 Å². The summed E-state index contributed by atoms with van der Waals surface area (Å²) in [6.45, 7) is 4.40. The molecule has 3 nitrogen and oxygen atoms in total. The van der Waals surface area contributed by atoms with Gasteiger partial charge in [-0.1, -0.05) is 26.7 Å². The molecule has 0 spiro atoms. The Morgan fingerprint density at radius 1 is 1.35 bits per heavy atom. The first-order valence-electron chi connectivity index (χ1n) is 7.07. The molecule has 0 radical (unpaired) electrons. The van der Waals surface area contributed by atoms with Crippen molar-refractivity contribution < 1.29 is 0 Å². The van der Waals surface area contributed by atoms with E-state index >= 15 is 0 Å². The van der Waals surface area contributed by atoms with Crippen molar-refractivity contribution in [3.05, 3.63) is 17.2 Å². The van der Waals surface area contributed by atoms with E-state index in [1.165, 1.54) is 42.9 Å². The van der Waals surface area contributed by atoms with Crippen molar-refractivity contribution in [1.29, 1.82) is 0 Å². The molecule has 2 unspecified atom stereocenters. The van der Waals surface area contributed by atoms with E-state index in [9.17, 15) is 0 Å². The van der Waals surface area contributed by atoms with Crippen LogP contribution in [0.25, 0.3) is 0 Å². The van der Waals surface area contributed by atoms with Crippen LogP contribution >= 0.6 is 0 Å². The Morgan fingerprint density at radius 3 is 2.82 bits per heavy atom. The Hall–Kier alpha value is -0.830. The number of rotatable bonds is 4. The molecule has 1 aromatic heterocycles. The zero-order valence-corrected chi connectivity index (χ0v) is 11.1. The minimum Gasteiger partial charge on any atom is -0.345 e. The summed E-state index contributed by atoms with van der Waals surface area (Å²) < 4.78 is 0. The Morgan fingerprint density at radius 2 is 2.18 bits per heavy atom. The van der Waals surface area contributed by atoms with E-state index in [0.29, 0.717) is 12.0 Å². The van der Waals surface area contributed by atoms with Gasteiger partial charge in [0.2, 0.25) is 0 Å². The maximum Gasteiger partial charge on any atom is 0.109 e. The molecule has 96 valence electrons. The van der Waals surface area contributed by atoms with E-state index in [2.05, 4.69) is 18.8 Å². The van der Waals surface area contributed by atoms with Crippen LogP contribution in [0, 0.1) is 0 Å². The van der Waals surface area contributed by atoms with Crippen molar-refractivity contribution in [2.45, 2.75) is 70.8 Å². The third-order valence-corrected chi connectivity index (χ3v) is 3.82. The predicted molar refractivity (Wildman–Crippen MR) is 71.1 cm³/mol. The van der Waals surface area contributed by atoms with Crippen LogP contribution in [0.2, 0.25) is 0 Å². The molecular formula is C14H25N3. The fourth-order valence-corrected chi connectivity index (χ4v) is 2.89. The van der Waals surface area contributed by atoms with Crippen molar-refractivity contribution in [3.8, 4) is 0 Å². The Labute approximate surface area is 104 Å². The molecule has 1 aliphatic rings. The molecule has 1 aliphatic carbocycles. The molecule has 0 amide bonds. The van der Waals surface area contributed by atoms with Crippen LogP contribution in [-0.4, -0.2) is 16.0 Å². The molecule has 0 aromatic carbocycles. The number of nitrogens with zero attached hydrogens (tertiary/aromatic N) is 1. The van der Waals surface area contributed by atoms with Gasteiger partial charge in [0, 0.05) is 17.7 Å². The molecule has 1 heterocycles. The SMILES string of the molecule is CCCc1[nH]c(C2CCCC(N)C2)nc1CC. The van der Waals surface area contributed by atoms with E-state index in [0.717, 1.165) is 19.3 Å². The van der Waals surface area contributed by atoms with Crippen LogP contribution in [0.4, 0.5) is 0 Å². The Kier molecular flexibility index (Phi) is 4.21. The van der Waals surface area contributed by atoms with Gasteiger partial charge in [-0.05, 0) is 32.1 Å². The molecular weight excluding hydrogens is 210 g/mol. The van der Waals surface area contributed by atoms with Crippen molar-refractivity contribution >= 4 is 0 Å². The van der Waals surface area contributed by atoms with Crippen molar-refractivity contribution in [1.82, 2.24) is 9.97 Å². The third-order valence-electron chi connectivity index (χ3n) is 3.82. The Bertz CT molecular complexity index is 356. The summed E-state index contributed by atoms with van der Waals surface area (Å²) in [4.78, 5) is 8.35. The van der Waals surface area contributed by atoms with Gasteiger partial charge in [-0.15, -0.1) is 0 Å². The zero-order valence-electron chi connectivity index (χ0n) is 11.1. The second-order valence-corrected chi connectivity index (χ2v) is 5.27. The predicted octanol–water partition coefficient (Wildman–Crippen LogP) is 2.91. The van der Waals surface area contributed by atoms with Gasteiger partial charge in [0.15, 0.2) is 0 Å². The Balaban J connectivity index is 2.14. The zero-order chi connectivity index (χ0) is 12.3. The first-order chi connectivity index (χ1) is 8.24. The number of aryl methyl sites for hydroxylation is 2. The van der Waals surface area contributed by atoms with Gasteiger partial charge in [0.1, 0.15) is 5.82 Å². The van der Waals surface area contributed by atoms with Gasteiger partial charge < -0.3 is 10.7 Å². The van der Waals surface area contributed by atoms with Crippen LogP contribution < -0.4 is 5.73 Å². The quantitative estimate of drug-likeness (QED) is 0.843. The van der Waals surface area contributed by atoms with Crippen LogP contribution in [0.5, 0.6) is 0 Å². The summed E-state index contributed by atoms with van der Waals surface area (Å²) >= 11 is 0. The van der Waals surface area contributed by atoms with Crippen LogP contribution in [0.3, 0.4) is 0 Å². The van der Waals surface area contributed by atoms with E-state index in [1.54, 1.807) is 0 Å². The number of hydrogen-bond acceptors (Lipinski definition) is 2. The average Bonchev–Trinajstić information content (AvgIpc) is 2.73. The molecule has 0 saturated heterocycles. The van der Waals surface area contributed by atoms with Gasteiger partial charge >= 0.3 is 0 Å². The van der Waals surface area contributed by atoms with Crippen LogP contribution in [0.15, 0.2) is 0 Å². The highest BCUT2D eigenvalue weighted by atomic mass is 14.9. The lowest BCUT2D eigenvalue weighted by molar-refractivity contribution is 0.383. The summed E-state index contributed by atoms with van der Waals surface area (Å²) in [6, 6.07) is 0.374. The molecule has 3 heteroatoms. The van der Waals surface area contributed by atoms with Gasteiger partial charge in [-0.3, -0.25) is 0 Å². The summed E-state index contributed by atoms with van der Waals surface area (Å²) in [5.74, 6) is 1.76. The molecule has 2 atom stereocenters. The largest absolute Gasteiger partial charge is 0.345 e. The van der Waals surface area contributed by atoms with Crippen molar-refractivity contribution in [3.63, 3.8) is 0 Å². The van der Waals surface area contributed by atoms with Gasteiger partial charge in [0.25, 0.3) is 0 Å². The number of hydrogen-bond donors (Lipinski definition) is 2. The summed E-state index contributed by atoms with van der Waals surface area (Å²) in [7, 11) is 0. The number of aromatic amines is 1. The fraction of sp³-hybridized carbons (Fsp3) is 0.786. The molecule has 3 N–H and O–H groups in total. The maximum atomic E-state index is 6.06. The minimum atomic E-state index is 0.374. The molecule has 0 aliphatic heterocycles. The topological polar surface area (TPSA) is 54.7 Å². The van der Waals surface area contributed by atoms with E-state index in [1.807, 2.05) is 0 Å². The molecule has 17 heavy (non-hydrogen) atoms. The second kappa shape index (κ2) is 5.67. The van der Waals surface area contributed by atoms with E-state index < -0.39 is 0 Å². The smallest absolute Gasteiger partial charge is 0.109 e. The lowest BCUT2D eigenvalue weighted by Gasteiger charge is -2.24. The van der Waals surface area contributed by atoms with E-state index in [-0.39, 0.29) is 0 Å². The summed E-state index contributed by atoms with van der Waals surface area (Å²) in [5.41, 5.74) is 8.67. The van der Waals surface area contributed by atoms with Gasteiger partial charge in [-0.2, -0.15) is 0 Å². The molecule has 1 aromatic rings. The maximum absolute atomic E-state index is 6.06. The third kappa shape index (κ3) is 2.89. The second-order valence-electron chi connectivity index (χ2n) is 5.27. The van der Waals surface area contributed by atoms with Crippen molar-refractivity contribution in [2.75, 3.05) is 0 Å².